The van der Waals surface area contributed by atoms with Crippen molar-refractivity contribution in [3.05, 3.63) is 57.0 Å². The van der Waals surface area contributed by atoms with Crippen molar-refractivity contribution >= 4 is 40.0 Å². The molecule has 0 bridgehead atoms. The lowest BCUT2D eigenvalue weighted by molar-refractivity contribution is -0.201. The Morgan fingerprint density at radius 3 is 2.36 bits per heavy atom. The number of aromatic nitrogens is 4. The smallest absolute Gasteiger partial charge is 0.416 e. The Kier molecular flexibility index (Phi) is 7.01. The van der Waals surface area contributed by atoms with E-state index in [0.717, 1.165) is 23.5 Å². The number of hydrogen-bond acceptors (Lipinski definition) is 6. The van der Waals surface area contributed by atoms with Gasteiger partial charge in [-0.05, 0) is 52.2 Å². The predicted octanol–water partition coefficient (Wildman–Crippen LogP) is 5.52. The van der Waals surface area contributed by atoms with E-state index < -0.39 is 36.6 Å². The Hall–Kier alpha value is -3.13. The van der Waals surface area contributed by atoms with E-state index in [-0.39, 0.29) is 41.3 Å². The summed E-state index contributed by atoms with van der Waals surface area (Å²) in [6.07, 6.45) is -11.3. The number of carbonyl (C=O) groups is 1. The van der Waals surface area contributed by atoms with Gasteiger partial charge in [0.05, 0.1) is 16.5 Å². The van der Waals surface area contributed by atoms with Crippen LogP contribution < -0.4 is 10.1 Å². The highest BCUT2D eigenvalue weighted by atomic mass is 35.5. The first-order chi connectivity index (χ1) is 16.9. The maximum Gasteiger partial charge on any atom is 0.416 e. The number of alkyl halides is 6. The molecule has 192 valence electrons. The van der Waals surface area contributed by atoms with Gasteiger partial charge in [-0.2, -0.15) is 26.3 Å². The van der Waals surface area contributed by atoms with Crippen molar-refractivity contribution in [2.75, 3.05) is 6.61 Å². The second-order valence-electron chi connectivity index (χ2n) is 7.83. The van der Waals surface area contributed by atoms with Crippen LogP contribution in [-0.4, -0.2) is 45.5 Å². The minimum absolute atomic E-state index is 0.0407. The number of hydrogen-bond donors (Lipinski definition) is 2. The second kappa shape index (κ2) is 9.73. The van der Waals surface area contributed by atoms with Gasteiger partial charge >= 0.3 is 12.4 Å². The fourth-order valence-corrected chi connectivity index (χ4v) is 4.89. The summed E-state index contributed by atoms with van der Waals surface area (Å²) in [5, 5.41) is 15.0. The van der Waals surface area contributed by atoms with Gasteiger partial charge in [0.1, 0.15) is 5.75 Å². The van der Waals surface area contributed by atoms with E-state index in [2.05, 4.69) is 25.9 Å². The molecule has 2 aromatic heterocycles. The highest BCUT2D eigenvalue weighted by molar-refractivity contribution is 7.17. The first kappa shape index (κ1) is 25.9. The molecule has 0 saturated carbocycles. The minimum atomic E-state index is -4.94. The van der Waals surface area contributed by atoms with E-state index in [1.54, 1.807) is 0 Å². The standard InChI is InChI=1S/C21H16ClF6N5O2S/c22-15-7-6-14(36-15)13-10-19(21(26,27)28,29-18(34)16(13)17-30-32-33-31-17)11-2-4-12(5-3-11)35-9-1-8-20(23,24)25/h2-7H,1,8-10H2,(H,29,34)(H,30,31,32,33). The summed E-state index contributed by atoms with van der Waals surface area (Å²) in [6.45, 7) is -0.263. The summed E-state index contributed by atoms with van der Waals surface area (Å²) in [6, 6.07) is 7.66. The van der Waals surface area contributed by atoms with Crippen molar-refractivity contribution in [3.63, 3.8) is 0 Å². The molecule has 36 heavy (non-hydrogen) atoms. The van der Waals surface area contributed by atoms with Gasteiger partial charge in [-0.1, -0.05) is 23.7 Å². The molecular formula is C21H16ClF6N5O2S. The molecule has 1 aliphatic rings. The lowest BCUT2D eigenvalue weighted by atomic mass is 9.78. The van der Waals surface area contributed by atoms with Crippen LogP contribution in [0.4, 0.5) is 26.3 Å². The summed E-state index contributed by atoms with van der Waals surface area (Å²) < 4.78 is 86.3. The molecule has 4 rings (SSSR count). The van der Waals surface area contributed by atoms with Gasteiger partial charge in [0, 0.05) is 17.7 Å². The second-order valence-corrected chi connectivity index (χ2v) is 9.55. The Bertz CT molecular complexity index is 1260. The van der Waals surface area contributed by atoms with Crippen LogP contribution in [0.15, 0.2) is 36.4 Å². The number of carbonyl (C=O) groups excluding carboxylic acids is 1. The number of tetrazole rings is 1. The molecule has 3 aromatic rings. The van der Waals surface area contributed by atoms with Crippen LogP contribution in [0.1, 0.15) is 35.5 Å². The zero-order chi connectivity index (χ0) is 26.1. The SMILES string of the molecule is O=C1NC(c2ccc(OCCCC(F)(F)F)cc2)(C(F)(F)F)CC(c2ccc(Cl)s2)=C1c1nnn[nH]1. The maximum absolute atomic E-state index is 14.6. The number of aromatic amines is 1. The number of thiophene rings is 1. The van der Waals surface area contributed by atoms with E-state index >= 15 is 0 Å². The van der Waals surface area contributed by atoms with Crippen LogP contribution >= 0.6 is 22.9 Å². The van der Waals surface area contributed by atoms with Crippen molar-refractivity contribution < 1.29 is 35.9 Å². The number of halogens is 7. The van der Waals surface area contributed by atoms with Crippen molar-refractivity contribution in [1.82, 2.24) is 25.9 Å². The number of ether oxygens (including phenoxy) is 1. The Labute approximate surface area is 208 Å². The van der Waals surface area contributed by atoms with Gasteiger partial charge in [-0.25, -0.2) is 5.10 Å². The van der Waals surface area contributed by atoms with Crippen molar-refractivity contribution in [2.24, 2.45) is 0 Å². The average molecular weight is 552 g/mol. The van der Waals surface area contributed by atoms with Crippen molar-refractivity contribution in [1.29, 1.82) is 0 Å². The summed E-state index contributed by atoms with van der Waals surface area (Å²) in [5.74, 6) is -1.07. The molecule has 3 heterocycles. The largest absolute Gasteiger partial charge is 0.494 e. The molecule has 2 N–H and O–H groups in total. The molecule has 1 aromatic carbocycles. The van der Waals surface area contributed by atoms with Crippen molar-refractivity contribution in [3.8, 4) is 5.75 Å². The Morgan fingerprint density at radius 1 is 1.08 bits per heavy atom. The first-order valence-corrected chi connectivity index (χ1v) is 11.5. The molecule has 0 fully saturated rings. The van der Waals surface area contributed by atoms with Gasteiger partial charge in [-0.15, -0.1) is 16.4 Å². The molecule has 15 heteroatoms. The first-order valence-electron chi connectivity index (χ1n) is 10.3. The third kappa shape index (κ3) is 5.33. The number of rotatable bonds is 7. The molecule has 0 radical (unpaired) electrons. The fourth-order valence-electron chi connectivity index (χ4n) is 3.80. The molecule has 1 amide bonds. The summed E-state index contributed by atoms with van der Waals surface area (Å²) >= 11 is 7.01. The van der Waals surface area contributed by atoms with Crippen LogP contribution in [-0.2, 0) is 10.3 Å². The van der Waals surface area contributed by atoms with Gasteiger partial charge in [-0.3, -0.25) is 4.79 Å². The zero-order valence-electron chi connectivity index (χ0n) is 18.0. The minimum Gasteiger partial charge on any atom is -0.494 e. The third-order valence-electron chi connectivity index (χ3n) is 5.45. The maximum atomic E-state index is 14.6. The summed E-state index contributed by atoms with van der Waals surface area (Å²) in [5.41, 5.74) is -3.22. The quantitative estimate of drug-likeness (QED) is 0.298. The van der Waals surface area contributed by atoms with E-state index in [1.165, 1.54) is 24.3 Å². The Balaban J connectivity index is 1.69. The van der Waals surface area contributed by atoms with Gasteiger partial charge in [0.15, 0.2) is 11.4 Å². The predicted molar refractivity (Wildman–Crippen MR) is 118 cm³/mol. The highest BCUT2D eigenvalue weighted by Gasteiger charge is 2.60. The highest BCUT2D eigenvalue weighted by Crippen LogP contribution is 2.50. The van der Waals surface area contributed by atoms with E-state index in [4.69, 9.17) is 16.3 Å². The van der Waals surface area contributed by atoms with Crippen molar-refractivity contribution in [2.45, 2.75) is 37.2 Å². The van der Waals surface area contributed by atoms with E-state index in [9.17, 15) is 31.1 Å². The molecule has 1 unspecified atom stereocenters. The van der Waals surface area contributed by atoms with E-state index in [1.807, 2.05) is 0 Å². The monoisotopic (exact) mass is 551 g/mol. The summed E-state index contributed by atoms with van der Waals surface area (Å²) in [4.78, 5) is 13.4. The number of amides is 1. The zero-order valence-corrected chi connectivity index (χ0v) is 19.6. The molecule has 0 saturated heterocycles. The molecule has 0 spiro atoms. The van der Waals surface area contributed by atoms with Gasteiger partial charge in [0.2, 0.25) is 0 Å². The topological polar surface area (TPSA) is 92.8 Å². The normalized spacial score (nSPS) is 18.9. The molecule has 1 atom stereocenters. The lowest BCUT2D eigenvalue weighted by Gasteiger charge is -2.41. The number of nitrogens with one attached hydrogen (secondary N) is 2. The van der Waals surface area contributed by atoms with Crippen LogP contribution in [0.25, 0.3) is 11.1 Å². The molecule has 0 aliphatic carbocycles. The van der Waals surface area contributed by atoms with E-state index in [0.29, 0.717) is 9.21 Å². The van der Waals surface area contributed by atoms with Crippen LogP contribution in [0, 0.1) is 0 Å². The lowest BCUT2D eigenvalue weighted by Crippen LogP contribution is -2.58. The summed E-state index contributed by atoms with van der Waals surface area (Å²) in [7, 11) is 0. The van der Waals surface area contributed by atoms with Gasteiger partial charge < -0.3 is 10.1 Å². The number of H-pyrrole nitrogens is 1. The third-order valence-corrected chi connectivity index (χ3v) is 6.75. The number of nitrogens with zero attached hydrogens (tertiary/aromatic N) is 3. The van der Waals surface area contributed by atoms with Gasteiger partial charge in [0.25, 0.3) is 5.91 Å². The van der Waals surface area contributed by atoms with Crippen LogP contribution in [0.3, 0.4) is 0 Å². The fraction of sp³-hybridized carbons (Fsp3) is 0.333. The average Bonchev–Trinajstić information content (AvgIpc) is 3.47. The molecular weight excluding hydrogens is 536 g/mol. The Morgan fingerprint density at radius 2 is 1.81 bits per heavy atom. The van der Waals surface area contributed by atoms with Crippen LogP contribution in [0.2, 0.25) is 4.34 Å². The van der Waals surface area contributed by atoms with Crippen LogP contribution in [0.5, 0.6) is 5.75 Å². The molecule has 7 nitrogen and oxygen atoms in total. The number of benzene rings is 1. The molecule has 1 aliphatic heterocycles.